The van der Waals surface area contributed by atoms with Crippen molar-refractivity contribution in [1.29, 1.82) is 0 Å². The Hall–Kier alpha value is -1.84. The molecule has 2 aromatic rings. The standard InChI is InChI=1S/C25H36N4O2.HI/c1-26-25(27-17-20-8-7-9-21(16-20)19-30-2)28-18-24(29-14-5-4-6-15-29)22-10-12-23(31-3)13-11-22;/h7-13,16,24H,4-6,14-15,17-19H2,1-3H3,(H2,26,27,28);1H. The van der Waals surface area contributed by atoms with Crippen LogP contribution in [0.4, 0.5) is 0 Å². The molecule has 0 aliphatic carbocycles. The summed E-state index contributed by atoms with van der Waals surface area (Å²) in [5.41, 5.74) is 3.69. The average molecular weight is 553 g/mol. The van der Waals surface area contributed by atoms with Crippen LogP contribution in [0.25, 0.3) is 0 Å². The molecule has 0 saturated carbocycles. The van der Waals surface area contributed by atoms with E-state index in [1.165, 1.54) is 36.0 Å². The van der Waals surface area contributed by atoms with Crippen molar-refractivity contribution in [3.8, 4) is 5.75 Å². The number of piperidine rings is 1. The Kier molecular flexibility index (Phi) is 11.8. The molecule has 1 aliphatic rings. The summed E-state index contributed by atoms with van der Waals surface area (Å²) < 4.78 is 10.6. The Balaban J connectivity index is 0.00000363. The molecule has 1 atom stereocenters. The number of hydrogen-bond acceptors (Lipinski definition) is 4. The number of rotatable bonds is 9. The Morgan fingerprint density at radius 1 is 1.00 bits per heavy atom. The summed E-state index contributed by atoms with van der Waals surface area (Å²) in [6.07, 6.45) is 3.85. The van der Waals surface area contributed by atoms with E-state index in [1.807, 2.05) is 19.2 Å². The van der Waals surface area contributed by atoms with E-state index < -0.39 is 0 Å². The van der Waals surface area contributed by atoms with Crippen LogP contribution in [0.15, 0.2) is 53.5 Å². The highest BCUT2D eigenvalue weighted by molar-refractivity contribution is 14.0. The van der Waals surface area contributed by atoms with Gasteiger partial charge in [-0.1, -0.05) is 42.8 Å². The summed E-state index contributed by atoms with van der Waals surface area (Å²) in [4.78, 5) is 7.01. The zero-order valence-electron chi connectivity index (χ0n) is 19.5. The summed E-state index contributed by atoms with van der Waals surface area (Å²) in [5, 5.41) is 6.99. The van der Waals surface area contributed by atoms with Crippen molar-refractivity contribution in [1.82, 2.24) is 15.5 Å². The van der Waals surface area contributed by atoms with Gasteiger partial charge in [0.05, 0.1) is 19.8 Å². The first-order valence-electron chi connectivity index (χ1n) is 11.1. The van der Waals surface area contributed by atoms with Gasteiger partial charge in [-0.05, 0) is 54.8 Å². The molecule has 6 nitrogen and oxygen atoms in total. The molecule has 0 bridgehead atoms. The summed E-state index contributed by atoms with van der Waals surface area (Å²) in [7, 11) is 5.25. The van der Waals surface area contributed by atoms with E-state index in [-0.39, 0.29) is 24.0 Å². The quantitative estimate of drug-likeness (QED) is 0.275. The van der Waals surface area contributed by atoms with Crippen LogP contribution in [-0.2, 0) is 17.9 Å². The van der Waals surface area contributed by atoms with Gasteiger partial charge in [-0.25, -0.2) is 0 Å². The zero-order valence-corrected chi connectivity index (χ0v) is 21.8. The van der Waals surface area contributed by atoms with Crippen molar-refractivity contribution >= 4 is 29.9 Å². The third-order valence-electron chi connectivity index (χ3n) is 5.78. The number of halogens is 1. The third-order valence-corrected chi connectivity index (χ3v) is 5.78. The highest BCUT2D eigenvalue weighted by Gasteiger charge is 2.22. The summed E-state index contributed by atoms with van der Waals surface area (Å²) in [6.45, 7) is 4.41. The first-order valence-corrected chi connectivity index (χ1v) is 11.1. The number of nitrogens with zero attached hydrogens (tertiary/aromatic N) is 2. The SMILES string of the molecule is CN=C(NCc1cccc(COC)c1)NCC(c1ccc(OC)cc1)N1CCCCC1.I. The molecule has 1 fully saturated rings. The summed E-state index contributed by atoms with van der Waals surface area (Å²) in [6, 6.07) is 17.2. The molecule has 1 heterocycles. The second kappa shape index (κ2) is 14.3. The fourth-order valence-corrected chi connectivity index (χ4v) is 4.11. The van der Waals surface area contributed by atoms with Crippen LogP contribution in [0, 0.1) is 0 Å². The van der Waals surface area contributed by atoms with Gasteiger partial charge in [0.1, 0.15) is 5.75 Å². The minimum absolute atomic E-state index is 0. The molecule has 0 aromatic heterocycles. The van der Waals surface area contributed by atoms with E-state index in [0.29, 0.717) is 19.2 Å². The van der Waals surface area contributed by atoms with Crippen molar-refractivity contribution < 1.29 is 9.47 Å². The monoisotopic (exact) mass is 552 g/mol. The van der Waals surface area contributed by atoms with Crippen molar-refractivity contribution in [2.24, 2.45) is 4.99 Å². The second-order valence-corrected chi connectivity index (χ2v) is 7.95. The Morgan fingerprint density at radius 2 is 1.72 bits per heavy atom. The Morgan fingerprint density at radius 3 is 2.38 bits per heavy atom. The van der Waals surface area contributed by atoms with Crippen LogP contribution in [0.3, 0.4) is 0 Å². The molecule has 3 rings (SSSR count). The van der Waals surface area contributed by atoms with Gasteiger partial charge in [-0.3, -0.25) is 9.89 Å². The van der Waals surface area contributed by atoms with Crippen LogP contribution in [0.5, 0.6) is 5.75 Å². The molecule has 2 aromatic carbocycles. The number of aliphatic imine (C=N–C) groups is 1. The normalized spacial score (nSPS) is 15.5. The zero-order chi connectivity index (χ0) is 21.9. The third kappa shape index (κ3) is 7.94. The maximum Gasteiger partial charge on any atom is 0.191 e. The Bertz CT molecular complexity index is 823. The van der Waals surface area contributed by atoms with Crippen LogP contribution >= 0.6 is 24.0 Å². The highest BCUT2D eigenvalue weighted by atomic mass is 127. The van der Waals surface area contributed by atoms with Gasteiger partial charge in [-0.2, -0.15) is 0 Å². The molecule has 176 valence electrons. The number of methoxy groups -OCH3 is 2. The van der Waals surface area contributed by atoms with Crippen LogP contribution in [0.1, 0.15) is 42.0 Å². The molecular weight excluding hydrogens is 515 g/mol. The minimum Gasteiger partial charge on any atom is -0.497 e. The van der Waals surface area contributed by atoms with Crippen molar-refractivity contribution in [2.75, 3.05) is 40.9 Å². The lowest BCUT2D eigenvalue weighted by Gasteiger charge is -2.35. The predicted octanol–water partition coefficient (Wildman–Crippen LogP) is 4.35. The van der Waals surface area contributed by atoms with Gasteiger partial charge in [0.25, 0.3) is 0 Å². The topological polar surface area (TPSA) is 58.1 Å². The number of benzene rings is 2. The van der Waals surface area contributed by atoms with Crippen molar-refractivity contribution in [3.63, 3.8) is 0 Å². The molecule has 1 saturated heterocycles. The van der Waals surface area contributed by atoms with Crippen molar-refractivity contribution in [2.45, 2.75) is 38.5 Å². The summed E-state index contributed by atoms with van der Waals surface area (Å²) in [5.74, 6) is 1.70. The lowest BCUT2D eigenvalue weighted by molar-refractivity contribution is 0.164. The number of nitrogens with one attached hydrogen (secondary N) is 2. The fourth-order valence-electron chi connectivity index (χ4n) is 4.11. The second-order valence-electron chi connectivity index (χ2n) is 7.95. The average Bonchev–Trinajstić information content (AvgIpc) is 2.82. The smallest absolute Gasteiger partial charge is 0.191 e. The van der Waals surface area contributed by atoms with E-state index in [1.54, 1.807) is 14.2 Å². The van der Waals surface area contributed by atoms with Crippen LogP contribution in [0.2, 0.25) is 0 Å². The highest BCUT2D eigenvalue weighted by Crippen LogP contribution is 2.25. The molecule has 7 heteroatoms. The molecule has 0 radical (unpaired) electrons. The predicted molar refractivity (Wildman–Crippen MR) is 142 cm³/mol. The van der Waals surface area contributed by atoms with Gasteiger partial charge >= 0.3 is 0 Å². The molecule has 32 heavy (non-hydrogen) atoms. The number of guanidine groups is 1. The van der Waals surface area contributed by atoms with E-state index in [0.717, 1.165) is 31.3 Å². The van der Waals surface area contributed by atoms with E-state index in [4.69, 9.17) is 9.47 Å². The Labute approximate surface area is 209 Å². The first kappa shape index (κ1) is 26.4. The fraction of sp³-hybridized carbons (Fsp3) is 0.480. The first-order chi connectivity index (χ1) is 15.2. The molecule has 0 amide bonds. The molecule has 1 aliphatic heterocycles. The maximum atomic E-state index is 5.34. The molecular formula is C25H37IN4O2. The van der Waals surface area contributed by atoms with Gasteiger partial charge < -0.3 is 20.1 Å². The lowest BCUT2D eigenvalue weighted by Crippen LogP contribution is -2.44. The van der Waals surface area contributed by atoms with Gasteiger partial charge in [0.2, 0.25) is 0 Å². The lowest BCUT2D eigenvalue weighted by atomic mass is 10.0. The van der Waals surface area contributed by atoms with Crippen LogP contribution < -0.4 is 15.4 Å². The van der Waals surface area contributed by atoms with Gasteiger partial charge in [-0.15, -0.1) is 24.0 Å². The van der Waals surface area contributed by atoms with Gasteiger partial charge in [0.15, 0.2) is 5.96 Å². The molecule has 2 N–H and O–H groups in total. The largest absolute Gasteiger partial charge is 0.497 e. The number of ether oxygens (including phenoxy) is 2. The summed E-state index contributed by atoms with van der Waals surface area (Å²) >= 11 is 0. The maximum absolute atomic E-state index is 5.34. The minimum atomic E-state index is 0. The molecule has 1 unspecified atom stereocenters. The van der Waals surface area contributed by atoms with Crippen molar-refractivity contribution in [3.05, 3.63) is 65.2 Å². The molecule has 0 spiro atoms. The number of likely N-dealkylation sites (tertiary alicyclic amines) is 1. The van der Waals surface area contributed by atoms with E-state index in [9.17, 15) is 0 Å². The van der Waals surface area contributed by atoms with E-state index >= 15 is 0 Å². The van der Waals surface area contributed by atoms with Crippen LogP contribution in [-0.4, -0.2) is 51.8 Å². The van der Waals surface area contributed by atoms with E-state index in [2.05, 4.69) is 56.9 Å². The van der Waals surface area contributed by atoms with Gasteiger partial charge in [0, 0.05) is 27.2 Å². The number of hydrogen-bond donors (Lipinski definition) is 2.